The number of halogens is 1. The second-order valence-electron chi connectivity index (χ2n) is 3.21. The van der Waals surface area contributed by atoms with Gasteiger partial charge in [-0.05, 0) is 40.9 Å². The minimum absolute atomic E-state index is 0.106. The Hall–Kier alpha value is -0.880. The molecule has 6 heteroatoms. The van der Waals surface area contributed by atoms with E-state index in [0.717, 1.165) is 3.79 Å². The lowest BCUT2D eigenvalue weighted by Gasteiger charge is -2.01. The van der Waals surface area contributed by atoms with E-state index in [1.807, 2.05) is 6.07 Å². The van der Waals surface area contributed by atoms with E-state index in [1.54, 1.807) is 6.07 Å². The van der Waals surface area contributed by atoms with Gasteiger partial charge in [-0.1, -0.05) is 0 Å². The van der Waals surface area contributed by atoms with E-state index < -0.39 is 5.97 Å². The average Bonchev–Trinajstić information content (AvgIpc) is 2.63. The summed E-state index contributed by atoms with van der Waals surface area (Å²) in [5, 5.41) is 11.2. The van der Waals surface area contributed by atoms with Crippen LogP contribution in [0.1, 0.15) is 28.9 Å². The molecule has 0 atom stereocenters. The Morgan fingerprint density at radius 2 is 2.12 bits per heavy atom. The van der Waals surface area contributed by atoms with Crippen LogP contribution in [-0.4, -0.2) is 23.5 Å². The number of carboxylic acids is 1. The van der Waals surface area contributed by atoms with Gasteiger partial charge in [0.1, 0.15) is 0 Å². The quantitative estimate of drug-likeness (QED) is 0.794. The van der Waals surface area contributed by atoms with E-state index in [2.05, 4.69) is 21.2 Å². The first kappa shape index (κ1) is 13.2. The second kappa shape index (κ2) is 6.65. The molecule has 0 aromatic carbocycles. The van der Waals surface area contributed by atoms with Crippen LogP contribution in [0.4, 0.5) is 0 Å². The fraction of sp³-hybridized carbons (Fsp3) is 0.400. The first-order valence-electron chi connectivity index (χ1n) is 4.85. The summed E-state index contributed by atoms with van der Waals surface area (Å²) in [5.41, 5.74) is 0. The molecule has 0 radical (unpaired) electrons. The van der Waals surface area contributed by atoms with E-state index in [9.17, 15) is 9.59 Å². The average molecular weight is 306 g/mol. The fourth-order valence-electron chi connectivity index (χ4n) is 1.13. The summed E-state index contributed by atoms with van der Waals surface area (Å²) >= 11 is 4.66. The predicted octanol–water partition coefficient (Wildman–Crippen LogP) is 2.50. The minimum Gasteiger partial charge on any atom is -0.481 e. The predicted molar refractivity (Wildman–Crippen MR) is 65.8 cm³/mol. The maximum Gasteiger partial charge on any atom is 0.303 e. The van der Waals surface area contributed by atoms with Gasteiger partial charge in [-0.25, -0.2) is 0 Å². The molecule has 0 saturated carbocycles. The van der Waals surface area contributed by atoms with Crippen molar-refractivity contribution in [2.24, 2.45) is 0 Å². The number of nitrogens with one attached hydrogen (secondary N) is 1. The van der Waals surface area contributed by atoms with Gasteiger partial charge in [-0.2, -0.15) is 0 Å². The van der Waals surface area contributed by atoms with Crippen molar-refractivity contribution >= 4 is 39.1 Å². The monoisotopic (exact) mass is 305 g/mol. The molecule has 0 bridgehead atoms. The lowest BCUT2D eigenvalue weighted by Crippen LogP contribution is -2.23. The molecule has 16 heavy (non-hydrogen) atoms. The van der Waals surface area contributed by atoms with Crippen molar-refractivity contribution in [2.75, 3.05) is 6.54 Å². The van der Waals surface area contributed by atoms with Crippen LogP contribution in [0.25, 0.3) is 0 Å². The maximum atomic E-state index is 11.5. The Balaban J connectivity index is 2.18. The smallest absolute Gasteiger partial charge is 0.303 e. The third kappa shape index (κ3) is 4.76. The lowest BCUT2D eigenvalue weighted by atomic mass is 10.2. The number of unbranched alkanes of at least 4 members (excludes halogenated alkanes) is 1. The molecule has 1 heterocycles. The van der Waals surface area contributed by atoms with Gasteiger partial charge >= 0.3 is 5.97 Å². The molecule has 1 aromatic rings. The summed E-state index contributed by atoms with van der Waals surface area (Å²) in [6.45, 7) is 0.516. The van der Waals surface area contributed by atoms with Crippen molar-refractivity contribution in [2.45, 2.75) is 19.3 Å². The molecule has 0 saturated heterocycles. The number of carbonyl (C=O) groups excluding carboxylic acids is 1. The molecule has 0 aliphatic carbocycles. The van der Waals surface area contributed by atoms with Crippen LogP contribution in [0.5, 0.6) is 0 Å². The Kier molecular flexibility index (Phi) is 5.48. The number of thiophene rings is 1. The van der Waals surface area contributed by atoms with Crippen molar-refractivity contribution < 1.29 is 14.7 Å². The molecule has 1 rings (SSSR count). The molecular formula is C10H12BrNO3S. The molecular weight excluding hydrogens is 294 g/mol. The first-order chi connectivity index (χ1) is 7.59. The molecule has 0 aliphatic heterocycles. The molecule has 0 unspecified atom stereocenters. The van der Waals surface area contributed by atoms with Gasteiger partial charge < -0.3 is 10.4 Å². The molecule has 2 N–H and O–H groups in total. The Labute approximate surface area is 106 Å². The zero-order valence-electron chi connectivity index (χ0n) is 8.53. The van der Waals surface area contributed by atoms with E-state index >= 15 is 0 Å². The molecule has 0 aliphatic rings. The van der Waals surface area contributed by atoms with Crippen LogP contribution in [-0.2, 0) is 4.79 Å². The summed E-state index contributed by atoms with van der Waals surface area (Å²) in [5.74, 6) is -0.903. The van der Waals surface area contributed by atoms with Crippen LogP contribution in [0.15, 0.2) is 15.9 Å². The highest BCUT2D eigenvalue weighted by atomic mass is 79.9. The number of rotatable bonds is 6. The normalized spacial score (nSPS) is 10.1. The summed E-state index contributed by atoms with van der Waals surface area (Å²) in [6, 6.07) is 3.57. The zero-order valence-corrected chi connectivity index (χ0v) is 10.9. The van der Waals surface area contributed by atoms with Crippen molar-refractivity contribution in [3.8, 4) is 0 Å². The first-order valence-corrected chi connectivity index (χ1v) is 6.46. The molecule has 1 amide bonds. The lowest BCUT2D eigenvalue weighted by molar-refractivity contribution is -0.137. The molecule has 88 valence electrons. The highest BCUT2D eigenvalue weighted by molar-refractivity contribution is 9.11. The van der Waals surface area contributed by atoms with Crippen molar-refractivity contribution in [3.05, 3.63) is 20.8 Å². The number of amides is 1. The van der Waals surface area contributed by atoms with E-state index in [-0.39, 0.29) is 12.3 Å². The highest BCUT2D eigenvalue weighted by Crippen LogP contribution is 2.21. The van der Waals surface area contributed by atoms with Crippen LogP contribution in [0.2, 0.25) is 0 Å². The van der Waals surface area contributed by atoms with Crippen LogP contribution < -0.4 is 5.32 Å². The van der Waals surface area contributed by atoms with Gasteiger partial charge in [0.25, 0.3) is 5.91 Å². The minimum atomic E-state index is -0.798. The summed E-state index contributed by atoms with van der Waals surface area (Å²) in [7, 11) is 0. The van der Waals surface area contributed by atoms with Crippen LogP contribution in [0.3, 0.4) is 0 Å². The van der Waals surface area contributed by atoms with Crippen molar-refractivity contribution in [3.63, 3.8) is 0 Å². The maximum absolute atomic E-state index is 11.5. The largest absolute Gasteiger partial charge is 0.481 e. The van der Waals surface area contributed by atoms with Crippen LogP contribution in [0, 0.1) is 0 Å². The van der Waals surface area contributed by atoms with Gasteiger partial charge in [0, 0.05) is 13.0 Å². The van der Waals surface area contributed by atoms with Gasteiger partial charge in [0.05, 0.1) is 8.66 Å². The van der Waals surface area contributed by atoms with Crippen molar-refractivity contribution in [1.29, 1.82) is 0 Å². The fourth-order valence-corrected chi connectivity index (χ4v) is 2.43. The van der Waals surface area contributed by atoms with Gasteiger partial charge in [-0.15, -0.1) is 11.3 Å². The number of carboxylic acid groups (broad SMARTS) is 1. The Morgan fingerprint density at radius 1 is 1.38 bits per heavy atom. The number of carbonyl (C=O) groups is 2. The van der Waals surface area contributed by atoms with E-state index in [4.69, 9.17) is 5.11 Å². The van der Waals surface area contributed by atoms with Crippen molar-refractivity contribution in [1.82, 2.24) is 5.32 Å². The Bertz CT molecular complexity index is 378. The number of hydrogen-bond acceptors (Lipinski definition) is 3. The van der Waals surface area contributed by atoms with E-state index in [1.165, 1.54) is 11.3 Å². The molecule has 0 spiro atoms. The van der Waals surface area contributed by atoms with Gasteiger partial charge in [0.15, 0.2) is 0 Å². The number of hydrogen-bond donors (Lipinski definition) is 2. The van der Waals surface area contributed by atoms with Gasteiger partial charge in [-0.3, -0.25) is 9.59 Å². The van der Waals surface area contributed by atoms with Crippen LogP contribution >= 0.6 is 27.3 Å². The Morgan fingerprint density at radius 3 is 2.69 bits per heavy atom. The SMILES string of the molecule is O=C(O)CCCCNC(=O)c1ccc(Br)s1. The summed E-state index contributed by atoms with van der Waals surface area (Å²) in [6.07, 6.45) is 1.43. The molecule has 4 nitrogen and oxygen atoms in total. The molecule has 1 aromatic heterocycles. The number of aliphatic carboxylic acids is 1. The van der Waals surface area contributed by atoms with E-state index in [0.29, 0.717) is 24.3 Å². The summed E-state index contributed by atoms with van der Waals surface area (Å²) < 4.78 is 0.920. The third-order valence-electron chi connectivity index (χ3n) is 1.90. The summed E-state index contributed by atoms with van der Waals surface area (Å²) in [4.78, 5) is 22.4. The molecule has 0 fully saturated rings. The third-order valence-corrected chi connectivity index (χ3v) is 3.52. The topological polar surface area (TPSA) is 66.4 Å². The zero-order chi connectivity index (χ0) is 12.0. The highest BCUT2D eigenvalue weighted by Gasteiger charge is 2.07. The standard InChI is InChI=1S/C10H12BrNO3S/c11-8-5-4-7(16-8)10(15)12-6-2-1-3-9(13)14/h4-5H,1-3,6H2,(H,12,15)(H,13,14). The van der Waals surface area contributed by atoms with Gasteiger partial charge in [0.2, 0.25) is 0 Å². The second-order valence-corrected chi connectivity index (χ2v) is 5.67.